The number of ether oxygens (including phenoxy) is 1. The minimum Gasteiger partial charge on any atom is -0.496 e. The van der Waals surface area contributed by atoms with Crippen LogP contribution in [0.5, 0.6) is 5.75 Å². The number of aliphatic hydroxyl groups excluding tert-OH is 1. The number of hydrogen-bond acceptors (Lipinski definition) is 4. The fourth-order valence-electron chi connectivity index (χ4n) is 1.92. The van der Waals surface area contributed by atoms with E-state index >= 15 is 0 Å². The van der Waals surface area contributed by atoms with Crippen LogP contribution in [-0.2, 0) is 0 Å². The van der Waals surface area contributed by atoms with Crippen LogP contribution in [0.3, 0.4) is 0 Å². The van der Waals surface area contributed by atoms with E-state index in [1.165, 1.54) is 6.33 Å². The average Bonchev–Trinajstić information content (AvgIpc) is 2.42. The highest BCUT2D eigenvalue weighted by Crippen LogP contribution is 2.33. The van der Waals surface area contributed by atoms with Gasteiger partial charge in [0.2, 0.25) is 0 Å². The van der Waals surface area contributed by atoms with E-state index in [9.17, 15) is 5.11 Å². The van der Waals surface area contributed by atoms with Crippen LogP contribution in [0.2, 0.25) is 0 Å². The second kappa shape index (κ2) is 5.14. The van der Waals surface area contributed by atoms with Crippen LogP contribution in [0, 0.1) is 13.8 Å². The van der Waals surface area contributed by atoms with Crippen LogP contribution in [0.25, 0.3) is 0 Å². The predicted molar refractivity (Wildman–Crippen MR) is 68.6 cm³/mol. The number of aromatic nitrogens is 2. The van der Waals surface area contributed by atoms with Crippen molar-refractivity contribution >= 4 is 0 Å². The Hall–Kier alpha value is -1.94. The number of methoxy groups -OCH3 is 1. The average molecular weight is 244 g/mol. The van der Waals surface area contributed by atoms with Crippen LogP contribution in [0.15, 0.2) is 30.7 Å². The molecule has 18 heavy (non-hydrogen) atoms. The number of hydrogen-bond donors (Lipinski definition) is 1. The van der Waals surface area contributed by atoms with Crippen molar-refractivity contribution < 1.29 is 9.84 Å². The van der Waals surface area contributed by atoms with Crippen LogP contribution in [0.4, 0.5) is 0 Å². The molecule has 1 N–H and O–H groups in total. The van der Waals surface area contributed by atoms with E-state index in [0.717, 1.165) is 16.7 Å². The highest BCUT2D eigenvalue weighted by Gasteiger charge is 2.18. The summed E-state index contributed by atoms with van der Waals surface area (Å²) in [5.41, 5.74) is 3.44. The molecule has 4 heteroatoms. The molecule has 1 aromatic heterocycles. The molecule has 0 saturated heterocycles. The van der Waals surface area contributed by atoms with Gasteiger partial charge in [0.05, 0.1) is 12.8 Å². The van der Waals surface area contributed by atoms with Crippen molar-refractivity contribution in [1.29, 1.82) is 0 Å². The monoisotopic (exact) mass is 244 g/mol. The molecule has 0 saturated carbocycles. The zero-order valence-corrected chi connectivity index (χ0v) is 10.7. The van der Waals surface area contributed by atoms with Gasteiger partial charge in [-0.3, -0.25) is 0 Å². The molecule has 0 spiro atoms. The predicted octanol–water partition coefficient (Wildman–Crippen LogP) is 2.18. The Morgan fingerprint density at radius 3 is 2.61 bits per heavy atom. The van der Waals surface area contributed by atoms with E-state index in [1.807, 2.05) is 26.0 Å². The molecule has 0 aliphatic heterocycles. The fourth-order valence-corrected chi connectivity index (χ4v) is 1.92. The first kappa shape index (κ1) is 12.5. The third kappa shape index (κ3) is 2.19. The summed E-state index contributed by atoms with van der Waals surface area (Å²) >= 11 is 0. The fraction of sp³-hybridized carbons (Fsp3) is 0.286. The lowest BCUT2D eigenvalue weighted by Crippen LogP contribution is -2.06. The van der Waals surface area contributed by atoms with Crippen molar-refractivity contribution in [2.75, 3.05) is 7.11 Å². The van der Waals surface area contributed by atoms with Gasteiger partial charge in [-0.2, -0.15) is 0 Å². The van der Waals surface area contributed by atoms with E-state index in [0.29, 0.717) is 11.4 Å². The molecule has 0 amide bonds. The van der Waals surface area contributed by atoms with Crippen molar-refractivity contribution in [1.82, 2.24) is 9.97 Å². The first-order valence-electron chi connectivity index (χ1n) is 5.73. The van der Waals surface area contributed by atoms with Crippen LogP contribution >= 0.6 is 0 Å². The van der Waals surface area contributed by atoms with E-state index in [4.69, 9.17) is 4.74 Å². The standard InChI is InChI=1S/C14H16N2O2/c1-9-4-5-11(14(18-3)10(9)2)13(17)12-6-7-15-8-16-12/h4-8,13,17H,1-3H3. The molecule has 1 heterocycles. The van der Waals surface area contributed by atoms with Gasteiger partial charge in [0, 0.05) is 11.8 Å². The molecule has 94 valence electrons. The summed E-state index contributed by atoms with van der Waals surface area (Å²) < 4.78 is 5.40. The molecule has 1 atom stereocenters. The molecule has 1 unspecified atom stereocenters. The second-order valence-electron chi connectivity index (χ2n) is 4.17. The minimum atomic E-state index is -0.803. The highest BCUT2D eigenvalue weighted by atomic mass is 16.5. The van der Waals surface area contributed by atoms with E-state index in [2.05, 4.69) is 9.97 Å². The number of rotatable bonds is 3. The third-order valence-corrected chi connectivity index (χ3v) is 3.09. The summed E-state index contributed by atoms with van der Waals surface area (Å²) in [4.78, 5) is 7.91. The lowest BCUT2D eigenvalue weighted by atomic mass is 9.99. The summed E-state index contributed by atoms with van der Waals surface area (Å²) in [6, 6.07) is 5.53. The molecular formula is C14H16N2O2. The van der Waals surface area contributed by atoms with Crippen molar-refractivity contribution in [3.8, 4) is 5.75 Å². The van der Waals surface area contributed by atoms with Crippen molar-refractivity contribution in [2.24, 2.45) is 0 Å². The lowest BCUT2D eigenvalue weighted by Gasteiger charge is -2.17. The largest absolute Gasteiger partial charge is 0.496 e. The number of aliphatic hydroxyl groups is 1. The van der Waals surface area contributed by atoms with E-state index in [1.54, 1.807) is 19.4 Å². The smallest absolute Gasteiger partial charge is 0.128 e. The summed E-state index contributed by atoms with van der Waals surface area (Å²) in [7, 11) is 1.61. The quantitative estimate of drug-likeness (QED) is 0.899. The Morgan fingerprint density at radius 1 is 1.22 bits per heavy atom. The number of nitrogens with zero attached hydrogens (tertiary/aromatic N) is 2. The minimum absolute atomic E-state index is 0.562. The molecular weight excluding hydrogens is 228 g/mol. The van der Waals surface area contributed by atoms with E-state index in [-0.39, 0.29) is 0 Å². The molecule has 0 aliphatic rings. The molecule has 2 aromatic rings. The molecule has 0 radical (unpaired) electrons. The van der Waals surface area contributed by atoms with Crippen molar-refractivity contribution in [2.45, 2.75) is 20.0 Å². The maximum atomic E-state index is 10.3. The van der Waals surface area contributed by atoms with Gasteiger partial charge < -0.3 is 9.84 Å². The first-order valence-corrected chi connectivity index (χ1v) is 5.73. The first-order chi connectivity index (χ1) is 8.65. The molecule has 1 aromatic carbocycles. The van der Waals surface area contributed by atoms with Crippen LogP contribution in [0.1, 0.15) is 28.5 Å². The summed E-state index contributed by atoms with van der Waals surface area (Å²) in [6.45, 7) is 3.99. The molecule has 0 fully saturated rings. The topological polar surface area (TPSA) is 55.2 Å². The molecule has 0 aliphatic carbocycles. The Morgan fingerprint density at radius 2 is 2.00 bits per heavy atom. The normalized spacial score (nSPS) is 12.2. The zero-order valence-electron chi connectivity index (χ0n) is 10.7. The molecule has 0 bridgehead atoms. The van der Waals surface area contributed by atoms with Gasteiger partial charge in [-0.05, 0) is 31.0 Å². The van der Waals surface area contributed by atoms with Gasteiger partial charge in [0.25, 0.3) is 0 Å². The van der Waals surface area contributed by atoms with Gasteiger partial charge in [-0.15, -0.1) is 0 Å². The Kier molecular flexibility index (Phi) is 3.58. The van der Waals surface area contributed by atoms with Gasteiger partial charge in [-0.1, -0.05) is 12.1 Å². The Labute approximate surface area is 106 Å². The van der Waals surface area contributed by atoms with Crippen molar-refractivity contribution in [3.63, 3.8) is 0 Å². The van der Waals surface area contributed by atoms with Gasteiger partial charge in [0.15, 0.2) is 0 Å². The lowest BCUT2D eigenvalue weighted by molar-refractivity contribution is 0.209. The maximum absolute atomic E-state index is 10.3. The van der Waals surface area contributed by atoms with Crippen LogP contribution in [-0.4, -0.2) is 22.2 Å². The SMILES string of the molecule is COc1c(C(O)c2ccncn2)ccc(C)c1C. The Balaban J connectivity index is 2.49. The van der Waals surface area contributed by atoms with Gasteiger partial charge >= 0.3 is 0 Å². The summed E-state index contributed by atoms with van der Waals surface area (Å²) in [6.07, 6.45) is 2.23. The molecule has 2 rings (SSSR count). The maximum Gasteiger partial charge on any atom is 0.128 e. The number of benzene rings is 1. The van der Waals surface area contributed by atoms with E-state index < -0.39 is 6.10 Å². The highest BCUT2D eigenvalue weighted by molar-refractivity contribution is 5.47. The Bertz CT molecular complexity index is 541. The zero-order chi connectivity index (χ0) is 13.1. The summed E-state index contributed by atoms with van der Waals surface area (Å²) in [5.74, 6) is 0.709. The summed E-state index contributed by atoms with van der Waals surface area (Å²) in [5, 5.41) is 10.3. The van der Waals surface area contributed by atoms with Gasteiger partial charge in [-0.25, -0.2) is 9.97 Å². The third-order valence-electron chi connectivity index (χ3n) is 3.09. The second-order valence-corrected chi connectivity index (χ2v) is 4.17. The van der Waals surface area contributed by atoms with Crippen LogP contribution < -0.4 is 4.74 Å². The number of aryl methyl sites for hydroxylation is 1. The van der Waals surface area contributed by atoms with Crippen molar-refractivity contribution in [3.05, 3.63) is 53.1 Å². The van der Waals surface area contributed by atoms with Gasteiger partial charge in [0.1, 0.15) is 18.2 Å². The molecule has 4 nitrogen and oxygen atoms in total.